The van der Waals surface area contributed by atoms with Gasteiger partial charge in [0, 0.05) is 6.42 Å². The summed E-state index contributed by atoms with van der Waals surface area (Å²) in [5, 5.41) is 11.8. The average molecular weight is 319 g/mol. The molecule has 0 heterocycles. The number of hydrogen-bond donors (Lipinski definition) is 2. The van der Waals surface area contributed by atoms with Gasteiger partial charge in [-0.2, -0.15) is 0 Å². The molecule has 1 aromatic carbocycles. The molecular weight excluding hydrogens is 294 g/mol. The molecule has 1 amide bonds. The first-order valence-corrected chi connectivity index (χ1v) is 8.21. The Kier molecular flexibility index (Phi) is 6.02. The second kappa shape index (κ2) is 7.99. The third-order valence-corrected chi connectivity index (χ3v) is 4.26. The molecule has 0 bridgehead atoms. The smallest absolute Gasteiger partial charge is 0.305 e. The van der Waals surface area contributed by atoms with Crippen molar-refractivity contribution in [3.63, 3.8) is 0 Å². The lowest BCUT2D eigenvalue weighted by Crippen LogP contribution is -2.54. The van der Waals surface area contributed by atoms with Gasteiger partial charge in [-0.05, 0) is 56.7 Å². The lowest BCUT2D eigenvalue weighted by atomic mass is 9.74. The largest absolute Gasteiger partial charge is 0.494 e. The molecule has 0 radical (unpaired) electrons. The topological polar surface area (TPSA) is 75.6 Å². The molecule has 126 valence electrons. The highest BCUT2D eigenvalue weighted by Gasteiger charge is 2.40. The first kappa shape index (κ1) is 17.3. The van der Waals surface area contributed by atoms with E-state index in [1.165, 1.54) is 0 Å². The van der Waals surface area contributed by atoms with Gasteiger partial charge in [0.05, 0.1) is 18.6 Å². The summed E-state index contributed by atoms with van der Waals surface area (Å²) in [7, 11) is 0. The highest BCUT2D eigenvalue weighted by molar-refractivity contribution is 5.78. The maximum absolute atomic E-state index is 12.0. The van der Waals surface area contributed by atoms with E-state index in [4.69, 9.17) is 9.84 Å². The molecule has 0 atom stereocenters. The summed E-state index contributed by atoms with van der Waals surface area (Å²) >= 11 is 0. The number of rotatable bonds is 9. The van der Waals surface area contributed by atoms with E-state index in [2.05, 4.69) is 5.32 Å². The third-order valence-electron chi connectivity index (χ3n) is 4.26. The van der Waals surface area contributed by atoms with Gasteiger partial charge in [-0.1, -0.05) is 12.1 Å². The van der Waals surface area contributed by atoms with E-state index in [-0.39, 0.29) is 12.3 Å². The second-order valence-electron chi connectivity index (χ2n) is 6.37. The fourth-order valence-corrected chi connectivity index (χ4v) is 2.88. The minimum atomic E-state index is -0.850. The molecule has 1 aliphatic rings. The van der Waals surface area contributed by atoms with Crippen molar-refractivity contribution in [1.29, 1.82) is 0 Å². The summed E-state index contributed by atoms with van der Waals surface area (Å²) < 4.78 is 5.65. The van der Waals surface area contributed by atoms with Gasteiger partial charge in [-0.25, -0.2) is 0 Å². The minimum Gasteiger partial charge on any atom is -0.494 e. The number of carboxylic acid groups (broad SMARTS) is 1. The number of carbonyl (C=O) groups excluding carboxylic acids is 1. The van der Waals surface area contributed by atoms with Crippen LogP contribution in [0.2, 0.25) is 0 Å². The van der Waals surface area contributed by atoms with Crippen LogP contribution in [0.5, 0.6) is 5.75 Å². The van der Waals surface area contributed by atoms with Crippen LogP contribution in [-0.2, 0) is 9.59 Å². The van der Waals surface area contributed by atoms with Crippen LogP contribution in [0.4, 0.5) is 0 Å². The van der Waals surface area contributed by atoms with Gasteiger partial charge in [0.25, 0.3) is 0 Å². The van der Waals surface area contributed by atoms with E-state index in [0.717, 1.165) is 43.4 Å². The third kappa shape index (κ3) is 5.58. The van der Waals surface area contributed by atoms with Gasteiger partial charge in [0.2, 0.25) is 5.91 Å². The Morgan fingerprint density at radius 3 is 2.70 bits per heavy atom. The molecule has 0 unspecified atom stereocenters. The number of ether oxygens (including phenoxy) is 1. The fraction of sp³-hybridized carbons (Fsp3) is 0.556. The van der Waals surface area contributed by atoms with Crippen molar-refractivity contribution in [1.82, 2.24) is 5.32 Å². The zero-order chi connectivity index (χ0) is 16.7. The maximum atomic E-state index is 12.0. The molecule has 1 aliphatic carbocycles. The first-order valence-electron chi connectivity index (χ1n) is 8.21. The highest BCUT2D eigenvalue weighted by Crippen LogP contribution is 2.35. The van der Waals surface area contributed by atoms with Crippen LogP contribution in [0, 0.1) is 6.92 Å². The zero-order valence-electron chi connectivity index (χ0n) is 13.6. The van der Waals surface area contributed by atoms with Crippen LogP contribution in [0.3, 0.4) is 0 Å². The predicted molar refractivity (Wildman–Crippen MR) is 87.5 cm³/mol. The number of nitrogens with one attached hydrogen (secondary N) is 1. The summed E-state index contributed by atoms with van der Waals surface area (Å²) in [6.07, 6.45) is 4.49. The Hall–Kier alpha value is -2.04. The Morgan fingerprint density at radius 2 is 2.09 bits per heavy atom. The normalized spacial score (nSPS) is 15.5. The minimum absolute atomic E-state index is 0.0230. The van der Waals surface area contributed by atoms with Gasteiger partial charge in [0.1, 0.15) is 5.75 Å². The highest BCUT2D eigenvalue weighted by atomic mass is 16.5. The number of carbonyl (C=O) groups is 2. The summed E-state index contributed by atoms with van der Waals surface area (Å²) in [6.45, 7) is 2.60. The van der Waals surface area contributed by atoms with Crippen LogP contribution in [0.15, 0.2) is 24.3 Å². The van der Waals surface area contributed by atoms with Crippen molar-refractivity contribution in [2.45, 2.75) is 57.4 Å². The van der Waals surface area contributed by atoms with E-state index < -0.39 is 11.5 Å². The number of carboxylic acids is 1. The molecule has 0 saturated heterocycles. The second-order valence-corrected chi connectivity index (χ2v) is 6.37. The van der Waals surface area contributed by atoms with Crippen LogP contribution in [-0.4, -0.2) is 29.1 Å². The molecule has 0 aromatic heterocycles. The van der Waals surface area contributed by atoms with E-state index in [1.807, 2.05) is 31.2 Å². The van der Waals surface area contributed by atoms with Crippen molar-refractivity contribution in [2.24, 2.45) is 0 Å². The quantitative estimate of drug-likeness (QED) is 0.686. The number of hydrogen-bond acceptors (Lipinski definition) is 3. The number of benzene rings is 1. The van der Waals surface area contributed by atoms with Crippen molar-refractivity contribution < 1.29 is 19.4 Å². The van der Waals surface area contributed by atoms with E-state index in [9.17, 15) is 9.59 Å². The van der Waals surface area contributed by atoms with Gasteiger partial charge in [0.15, 0.2) is 0 Å². The van der Waals surface area contributed by atoms with Crippen molar-refractivity contribution in [3.05, 3.63) is 29.8 Å². The molecule has 0 aliphatic heterocycles. The van der Waals surface area contributed by atoms with Crippen molar-refractivity contribution >= 4 is 11.9 Å². The predicted octanol–water partition coefficient (Wildman–Crippen LogP) is 3.06. The Labute approximate surface area is 137 Å². The number of unbranched alkanes of at least 4 members (excludes halogenated alkanes) is 1. The van der Waals surface area contributed by atoms with Crippen LogP contribution in [0.25, 0.3) is 0 Å². The summed E-state index contributed by atoms with van der Waals surface area (Å²) in [4.78, 5) is 22.8. The SMILES string of the molecule is Cc1cccc(OCCCCC(=O)NC2(CC(=O)O)CCC2)c1. The van der Waals surface area contributed by atoms with Gasteiger partial charge in [-0.15, -0.1) is 0 Å². The van der Waals surface area contributed by atoms with Gasteiger partial charge >= 0.3 is 5.97 Å². The molecule has 2 rings (SSSR count). The lowest BCUT2D eigenvalue weighted by Gasteiger charge is -2.41. The molecule has 2 N–H and O–H groups in total. The summed E-state index contributed by atoms with van der Waals surface area (Å²) in [5.41, 5.74) is 0.659. The van der Waals surface area contributed by atoms with Crippen LogP contribution >= 0.6 is 0 Å². The van der Waals surface area contributed by atoms with Gasteiger partial charge in [-0.3, -0.25) is 9.59 Å². The standard InChI is InChI=1S/C18H25NO4/c1-14-6-4-7-15(12-14)23-11-3-2-8-16(20)19-18(9-5-10-18)13-17(21)22/h4,6-7,12H,2-3,5,8-11,13H2,1H3,(H,19,20)(H,21,22). The van der Waals surface area contributed by atoms with Crippen LogP contribution < -0.4 is 10.1 Å². The Balaban J connectivity index is 1.62. The summed E-state index contributed by atoms with van der Waals surface area (Å²) in [5.74, 6) is -0.0533. The lowest BCUT2D eigenvalue weighted by molar-refractivity contribution is -0.140. The van der Waals surface area contributed by atoms with E-state index in [0.29, 0.717) is 13.0 Å². The molecule has 5 heteroatoms. The molecule has 1 fully saturated rings. The van der Waals surface area contributed by atoms with E-state index >= 15 is 0 Å². The molecule has 0 spiro atoms. The molecule has 1 saturated carbocycles. The molecule has 5 nitrogen and oxygen atoms in total. The zero-order valence-corrected chi connectivity index (χ0v) is 13.6. The van der Waals surface area contributed by atoms with Crippen molar-refractivity contribution in [3.8, 4) is 5.75 Å². The fourth-order valence-electron chi connectivity index (χ4n) is 2.88. The molecular formula is C18H25NO4. The first-order chi connectivity index (χ1) is 11.0. The van der Waals surface area contributed by atoms with Gasteiger partial charge < -0.3 is 15.2 Å². The average Bonchev–Trinajstić information content (AvgIpc) is 2.44. The number of aryl methyl sites for hydroxylation is 1. The maximum Gasteiger partial charge on any atom is 0.305 e. The summed E-state index contributed by atoms with van der Waals surface area (Å²) in [6, 6.07) is 7.88. The van der Waals surface area contributed by atoms with Crippen LogP contribution in [0.1, 0.15) is 50.5 Å². The monoisotopic (exact) mass is 319 g/mol. The number of amides is 1. The number of aliphatic carboxylic acids is 1. The van der Waals surface area contributed by atoms with Crippen molar-refractivity contribution in [2.75, 3.05) is 6.61 Å². The Bertz CT molecular complexity index is 552. The molecule has 23 heavy (non-hydrogen) atoms. The molecule has 1 aromatic rings. The van der Waals surface area contributed by atoms with E-state index in [1.54, 1.807) is 0 Å². The Morgan fingerprint density at radius 1 is 1.30 bits per heavy atom.